The van der Waals surface area contributed by atoms with Gasteiger partial charge in [0.05, 0.1) is 13.7 Å². The second-order valence-corrected chi connectivity index (χ2v) is 4.80. The van der Waals surface area contributed by atoms with Crippen LogP contribution in [0.1, 0.15) is 11.1 Å². The van der Waals surface area contributed by atoms with Gasteiger partial charge in [0.2, 0.25) is 0 Å². The Hall–Kier alpha value is -2.79. The van der Waals surface area contributed by atoms with E-state index in [9.17, 15) is 4.79 Å². The summed E-state index contributed by atoms with van der Waals surface area (Å²) in [6.07, 6.45) is 3.61. The molecule has 5 heteroatoms. The highest BCUT2D eigenvalue weighted by molar-refractivity contribution is 5.90. The van der Waals surface area contributed by atoms with Crippen molar-refractivity contribution in [3.63, 3.8) is 0 Å². The van der Waals surface area contributed by atoms with E-state index in [0.29, 0.717) is 18.1 Å². The lowest BCUT2D eigenvalue weighted by Gasteiger charge is -2.11. The molecule has 0 aliphatic carbocycles. The minimum atomic E-state index is -0.591. The first kappa shape index (κ1) is 16.6. The van der Waals surface area contributed by atoms with E-state index < -0.39 is 5.91 Å². The smallest absolute Gasteiger partial charge is 0.267 e. The maximum Gasteiger partial charge on any atom is 0.267 e. The van der Waals surface area contributed by atoms with Crippen LogP contribution in [0.5, 0.6) is 11.5 Å². The van der Waals surface area contributed by atoms with E-state index >= 15 is 0 Å². The number of carbonyl (C=O) groups is 1. The third-order valence-electron chi connectivity index (χ3n) is 3.22. The van der Waals surface area contributed by atoms with Gasteiger partial charge >= 0.3 is 0 Å². The van der Waals surface area contributed by atoms with Crippen molar-refractivity contribution in [1.29, 1.82) is 0 Å². The lowest BCUT2D eigenvalue weighted by molar-refractivity contribution is -0.124. The van der Waals surface area contributed by atoms with Gasteiger partial charge in [-0.05, 0) is 29.3 Å². The van der Waals surface area contributed by atoms with Crippen LogP contribution in [-0.4, -0.2) is 24.8 Å². The number of benzene rings is 2. The summed E-state index contributed by atoms with van der Waals surface area (Å²) in [5.41, 5.74) is 3.51. The SMILES string of the molecule is COc1cc(/C=C/C(=O)NO)ccc1OCCc1ccccc1. The lowest BCUT2D eigenvalue weighted by Crippen LogP contribution is -2.14. The molecule has 0 saturated carbocycles. The number of ether oxygens (including phenoxy) is 2. The van der Waals surface area contributed by atoms with Crippen molar-refractivity contribution in [2.75, 3.05) is 13.7 Å². The Balaban J connectivity index is 1.99. The number of carbonyl (C=O) groups excluding carboxylic acids is 1. The van der Waals surface area contributed by atoms with Gasteiger partial charge in [-0.3, -0.25) is 10.0 Å². The Labute approximate surface area is 135 Å². The van der Waals surface area contributed by atoms with E-state index in [4.69, 9.17) is 14.7 Å². The van der Waals surface area contributed by atoms with Crippen LogP contribution >= 0.6 is 0 Å². The molecule has 5 nitrogen and oxygen atoms in total. The van der Waals surface area contributed by atoms with Crippen molar-refractivity contribution < 1.29 is 19.5 Å². The van der Waals surface area contributed by atoms with Gasteiger partial charge in [-0.2, -0.15) is 0 Å². The summed E-state index contributed by atoms with van der Waals surface area (Å²) >= 11 is 0. The van der Waals surface area contributed by atoms with Gasteiger partial charge in [0.1, 0.15) is 0 Å². The van der Waals surface area contributed by atoms with Crippen molar-refractivity contribution >= 4 is 12.0 Å². The van der Waals surface area contributed by atoms with Crippen LogP contribution in [0.4, 0.5) is 0 Å². The van der Waals surface area contributed by atoms with Crippen molar-refractivity contribution in [2.24, 2.45) is 0 Å². The summed E-state index contributed by atoms with van der Waals surface area (Å²) in [6, 6.07) is 15.5. The van der Waals surface area contributed by atoms with Crippen LogP contribution in [0.15, 0.2) is 54.6 Å². The largest absolute Gasteiger partial charge is 0.493 e. The summed E-state index contributed by atoms with van der Waals surface area (Å²) in [5, 5.41) is 8.45. The van der Waals surface area contributed by atoms with E-state index in [0.717, 1.165) is 12.0 Å². The molecule has 0 aliphatic rings. The Morgan fingerprint density at radius 1 is 1.17 bits per heavy atom. The molecule has 0 heterocycles. The van der Waals surface area contributed by atoms with Crippen molar-refractivity contribution in [3.8, 4) is 11.5 Å². The minimum Gasteiger partial charge on any atom is -0.493 e. The first-order chi connectivity index (χ1) is 11.2. The molecular formula is C18H19NO4. The molecule has 2 N–H and O–H groups in total. The summed E-state index contributed by atoms with van der Waals surface area (Å²) in [4.78, 5) is 11.0. The number of hydrogen-bond donors (Lipinski definition) is 2. The summed E-state index contributed by atoms with van der Waals surface area (Å²) in [5.74, 6) is 0.643. The fourth-order valence-electron chi connectivity index (χ4n) is 2.04. The highest BCUT2D eigenvalue weighted by Gasteiger charge is 2.05. The molecule has 23 heavy (non-hydrogen) atoms. The molecule has 0 unspecified atom stereocenters. The summed E-state index contributed by atoms with van der Waals surface area (Å²) in [7, 11) is 1.56. The third-order valence-corrected chi connectivity index (χ3v) is 3.22. The zero-order valence-corrected chi connectivity index (χ0v) is 12.9. The molecular weight excluding hydrogens is 294 g/mol. The average Bonchev–Trinajstić information content (AvgIpc) is 2.61. The van der Waals surface area contributed by atoms with E-state index in [1.807, 2.05) is 24.3 Å². The molecule has 0 atom stereocenters. The maximum absolute atomic E-state index is 11.0. The fourth-order valence-corrected chi connectivity index (χ4v) is 2.04. The van der Waals surface area contributed by atoms with Gasteiger partial charge in [-0.1, -0.05) is 36.4 Å². The Bertz CT molecular complexity index is 668. The number of methoxy groups -OCH3 is 1. The van der Waals surface area contributed by atoms with Crippen molar-refractivity contribution in [1.82, 2.24) is 5.48 Å². The van der Waals surface area contributed by atoms with E-state index in [1.54, 1.807) is 25.3 Å². The normalized spacial score (nSPS) is 10.5. The molecule has 1 amide bonds. The van der Waals surface area contributed by atoms with Gasteiger partial charge in [0.15, 0.2) is 11.5 Å². The van der Waals surface area contributed by atoms with Gasteiger partial charge in [0.25, 0.3) is 5.91 Å². The second-order valence-electron chi connectivity index (χ2n) is 4.80. The predicted molar refractivity (Wildman–Crippen MR) is 87.6 cm³/mol. The number of amides is 1. The molecule has 2 rings (SSSR count). The van der Waals surface area contributed by atoms with E-state index in [-0.39, 0.29) is 0 Å². The number of rotatable bonds is 7. The summed E-state index contributed by atoms with van der Waals surface area (Å²) < 4.78 is 11.1. The average molecular weight is 313 g/mol. The first-order valence-electron chi connectivity index (χ1n) is 7.20. The zero-order chi connectivity index (χ0) is 16.5. The van der Waals surface area contributed by atoms with Crippen LogP contribution in [0, 0.1) is 0 Å². The third kappa shape index (κ3) is 5.16. The molecule has 2 aromatic rings. The van der Waals surface area contributed by atoms with Crippen molar-refractivity contribution in [3.05, 3.63) is 65.7 Å². The van der Waals surface area contributed by atoms with Gasteiger partial charge < -0.3 is 9.47 Å². The molecule has 0 radical (unpaired) electrons. The Morgan fingerprint density at radius 2 is 1.96 bits per heavy atom. The predicted octanol–water partition coefficient (Wildman–Crippen LogP) is 2.84. The van der Waals surface area contributed by atoms with E-state index in [2.05, 4.69) is 12.1 Å². The molecule has 2 aromatic carbocycles. The Kier molecular flexibility index (Phi) is 6.20. The standard InChI is InChI=1S/C18H19NO4/c1-22-17-13-15(8-10-18(20)19-21)7-9-16(17)23-12-11-14-5-3-2-4-6-14/h2-10,13,21H,11-12H2,1H3,(H,19,20)/b10-8+. The van der Waals surface area contributed by atoms with E-state index in [1.165, 1.54) is 17.1 Å². The highest BCUT2D eigenvalue weighted by Crippen LogP contribution is 2.28. The van der Waals surface area contributed by atoms with Gasteiger partial charge in [-0.15, -0.1) is 0 Å². The molecule has 0 bridgehead atoms. The molecule has 120 valence electrons. The summed E-state index contributed by atoms with van der Waals surface area (Å²) in [6.45, 7) is 0.544. The molecule has 0 aromatic heterocycles. The fraction of sp³-hybridized carbons (Fsp3) is 0.167. The number of nitrogens with one attached hydrogen (secondary N) is 1. The second kappa shape index (κ2) is 8.60. The quantitative estimate of drug-likeness (QED) is 0.468. The zero-order valence-electron chi connectivity index (χ0n) is 12.9. The maximum atomic E-state index is 11.0. The molecule has 0 spiro atoms. The highest BCUT2D eigenvalue weighted by atomic mass is 16.5. The first-order valence-corrected chi connectivity index (χ1v) is 7.20. The molecule has 0 aliphatic heterocycles. The van der Waals surface area contributed by atoms with Gasteiger partial charge in [-0.25, -0.2) is 5.48 Å². The van der Waals surface area contributed by atoms with Crippen molar-refractivity contribution in [2.45, 2.75) is 6.42 Å². The monoisotopic (exact) mass is 313 g/mol. The van der Waals surface area contributed by atoms with Crippen LogP contribution in [0.2, 0.25) is 0 Å². The lowest BCUT2D eigenvalue weighted by atomic mass is 10.1. The van der Waals surface area contributed by atoms with Gasteiger partial charge in [0, 0.05) is 12.5 Å². The van der Waals surface area contributed by atoms with Crippen LogP contribution in [-0.2, 0) is 11.2 Å². The molecule has 0 saturated heterocycles. The Morgan fingerprint density at radius 3 is 2.65 bits per heavy atom. The minimum absolute atomic E-state index is 0.544. The van der Waals surface area contributed by atoms with Crippen LogP contribution in [0.25, 0.3) is 6.08 Å². The topological polar surface area (TPSA) is 67.8 Å². The number of hydroxylamine groups is 1. The van der Waals surface area contributed by atoms with Crippen LogP contribution < -0.4 is 15.0 Å². The van der Waals surface area contributed by atoms with Crippen LogP contribution in [0.3, 0.4) is 0 Å². The number of hydrogen-bond acceptors (Lipinski definition) is 4. The molecule has 0 fully saturated rings.